The summed E-state index contributed by atoms with van der Waals surface area (Å²) in [6.45, 7) is 3.11. The van der Waals surface area contributed by atoms with Crippen LogP contribution in [0.25, 0.3) is 0 Å². The molecule has 178 valence electrons. The molecule has 2 aliphatic heterocycles. The lowest BCUT2D eigenvalue weighted by atomic mass is 9.97. The molecule has 1 N–H and O–H groups in total. The number of ether oxygens (including phenoxy) is 2. The third kappa shape index (κ3) is 5.37. The van der Waals surface area contributed by atoms with Gasteiger partial charge in [-0.25, -0.2) is 0 Å². The number of amides is 1. The molecule has 2 aromatic carbocycles. The standard InChI is InChI=1S/C25H29N5O3S/c1-29-24(27-28-25(29)34-17-18-6-3-2-4-7-18)19-8-5-11-30(15-19)16-23(31)26-20-9-10-21-22(14-20)33-13-12-32-21/h2-4,6-7,9-10,14,19H,5,8,11-13,15-17H2,1H3,(H,26,31)/t19-/m1/s1. The van der Waals surface area contributed by atoms with Crippen LogP contribution in [-0.4, -0.2) is 58.4 Å². The van der Waals surface area contributed by atoms with Gasteiger partial charge in [-0.2, -0.15) is 0 Å². The van der Waals surface area contributed by atoms with Crippen molar-refractivity contribution in [3.8, 4) is 11.5 Å². The zero-order valence-electron chi connectivity index (χ0n) is 19.3. The normalized spacial score (nSPS) is 18.0. The first kappa shape index (κ1) is 22.7. The van der Waals surface area contributed by atoms with Crippen LogP contribution >= 0.6 is 11.8 Å². The summed E-state index contributed by atoms with van der Waals surface area (Å²) in [6.07, 6.45) is 2.08. The molecule has 0 saturated carbocycles. The second-order valence-corrected chi connectivity index (χ2v) is 9.60. The minimum absolute atomic E-state index is 0.0330. The predicted octanol–water partition coefficient (Wildman–Crippen LogP) is 3.70. The van der Waals surface area contributed by atoms with Crippen LogP contribution in [0.15, 0.2) is 53.7 Å². The molecule has 0 spiro atoms. The highest BCUT2D eigenvalue weighted by Crippen LogP contribution is 2.33. The monoisotopic (exact) mass is 479 g/mol. The summed E-state index contributed by atoms with van der Waals surface area (Å²) in [4.78, 5) is 14.9. The molecule has 5 rings (SSSR count). The molecule has 3 aromatic rings. The summed E-state index contributed by atoms with van der Waals surface area (Å²) in [5, 5.41) is 12.9. The van der Waals surface area contributed by atoms with Gasteiger partial charge in [-0.1, -0.05) is 42.1 Å². The first-order chi connectivity index (χ1) is 16.7. The Morgan fingerprint density at radius 1 is 1.12 bits per heavy atom. The van der Waals surface area contributed by atoms with E-state index in [0.29, 0.717) is 31.3 Å². The van der Waals surface area contributed by atoms with E-state index in [9.17, 15) is 4.79 Å². The average Bonchev–Trinajstić information content (AvgIpc) is 3.23. The van der Waals surface area contributed by atoms with Crippen LogP contribution in [0.1, 0.15) is 30.1 Å². The van der Waals surface area contributed by atoms with Crippen LogP contribution in [-0.2, 0) is 17.6 Å². The van der Waals surface area contributed by atoms with Crippen molar-refractivity contribution in [1.29, 1.82) is 0 Å². The van der Waals surface area contributed by atoms with E-state index in [2.05, 4.69) is 49.2 Å². The van der Waals surface area contributed by atoms with Crippen LogP contribution in [0.3, 0.4) is 0 Å². The van der Waals surface area contributed by atoms with E-state index in [-0.39, 0.29) is 11.8 Å². The van der Waals surface area contributed by atoms with Gasteiger partial charge < -0.3 is 19.4 Å². The summed E-state index contributed by atoms with van der Waals surface area (Å²) in [7, 11) is 2.04. The van der Waals surface area contributed by atoms with Crippen LogP contribution in [0.5, 0.6) is 11.5 Å². The number of nitrogens with zero attached hydrogens (tertiary/aromatic N) is 4. The Balaban J connectivity index is 1.16. The summed E-state index contributed by atoms with van der Waals surface area (Å²) in [5.41, 5.74) is 1.99. The fourth-order valence-electron chi connectivity index (χ4n) is 4.46. The molecule has 1 amide bonds. The Labute approximate surface area is 203 Å². The van der Waals surface area contributed by atoms with Gasteiger partial charge in [0, 0.05) is 37.0 Å². The van der Waals surface area contributed by atoms with Crippen molar-refractivity contribution < 1.29 is 14.3 Å². The van der Waals surface area contributed by atoms with Gasteiger partial charge in [-0.15, -0.1) is 10.2 Å². The number of benzene rings is 2. The van der Waals surface area contributed by atoms with Gasteiger partial charge in [0.2, 0.25) is 5.91 Å². The van der Waals surface area contributed by atoms with E-state index in [4.69, 9.17) is 9.47 Å². The molecular formula is C25H29N5O3S. The molecule has 0 bridgehead atoms. The highest BCUT2D eigenvalue weighted by atomic mass is 32.2. The van der Waals surface area contributed by atoms with Crippen molar-refractivity contribution in [3.05, 3.63) is 59.9 Å². The van der Waals surface area contributed by atoms with Gasteiger partial charge in [-0.05, 0) is 37.1 Å². The summed E-state index contributed by atoms with van der Waals surface area (Å²) >= 11 is 1.70. The molecule has 0 unspecified atom stereocenters. The molecule has 1 atom stereocenters. The number of nitrogens with one attached hydrogen (secondary N) is 1. The third-order valence-electron chi connectivity index (χ3n) is 6.14. The van der Waals surface area contributed by atoms with E-state index in [0.717, 1.165) is 48.4 Å². The fourth-order valence-corrected chi connectivity index (χ4v) is 5.34. The van der Waals surface area contributed by atoms with Crippen LogP contribution in [0.4, 0.5) is 5.69 Å². The number of anilines is 1. The van der Waals surface area contributed by atoms with Crippen molar-refractivity contribution in [2.75, 3.05) is 38.2 Å². The van der Waals surface area contributed by atoms with Crippen molar-refractivity contribution in [3.63, 3.8) is 0 Å². The van der Waals surface area contributed by atoms with Crippen molar-refractivity contribution in [2.24, 2.45) is 7.05 Å². The Morgan fingerprint density at radius 3 is 2.79 bits per heavy atom. The number of hydrogen-bond donors (Lipinski definition) is 1. The Hall–Kier alpha value is -3.04. The number of aromatic nitrogens is 3. The zero-order valence-corrected chi connectivity index (χ0v) is 20.1. The van der Waals surface area contributed by atoms with Gasteiger partial charge in [0.1, 0.15) is 19.0 Å². The molecule has 1 aromatic heterocycles. The number of fused-ring (bicyclic) bond motifs is 1. The summed E-state index contributed by atoms with van der Waals surface area (Å²) in [5.74, 6) is 3.48. The molecule has 0 radical (unpaired) electrons. The largest absolute Gasteiger partial charge is 0.486 e. The molecule has 0 aliphatic carbocycles. The van der Waals surface area contributed by atoms with E-state index < -0.39 is 0 Å². The third-order valence-corrected chi connectivity index (χ3v) is 7.23. The topological polar surface area (TPSA) is 81.5 Å². The molecule has 9 heteroatoms. The Bertz CT molecular complexity index is 1140. The lowest BCUT2D eigenvalue weighted by Crippen LogP contribution is -2.40. The fraction of sp³-hybridized carbons (Fsp3) is 0.400. The molecular weight excluding hydrogens is 450 g/mol. The number of hydrogen-bond acceptors (Lipinski definition) is 7. The zero-order chi connectivity index (χ0) is 23.3. The maximum Gasteiger partial charge on any atom is 0.238 e. The first-order valence-corrected chi connectivity index (χ1v) is 12.6. The minimum atomic E-state index is -0.0330. The highest BCUT2D eigenvalue weighted by Gasteiger charge is 2.27. The van der Waals surface area contributed by atoms with Gasteiger partial charge in [0.05, 0.1) is 6.54 Å². The quantitative estimate of drug-likeness (QED) is 0.518. The van der Waals surface area contributed by atoms with Gasteiger partial charge in [-0.3, -0.25) is 9.69 Å². The van der Waals surface area contributed by atoms with E-state index in [1.807, 2.05) is 31.3 Å². The summed E-state index contributed by atoms with van der Waals surface area (Å²) < 4.78 is 13.3. The Morgan fingerprint density at radius 2 is 1.94 bits per heavy atom. The van der Waals surface area contributed by atoms with E-state index in [1.54, 1.807) is 11.8 Å². The Kier molecular flexibility index (Phi) is 7.01. The lowest BCUT2D eigenvalue weighted by Gasteiger charge is -2.31. The van der Waals surface area contributed by atoms with E-state index in [1.165, 1.54) is 5.56 Å². The average molecular weight is 480 g/mol. The molecule has 1 fully saturated rings. The number of piperidine rings is 1. The first-order valence-electron chi connectivity index (χ1n) is 11.6. The predicted molar refractivity (Wildman–Crippen MR) is 131 cm³/mol. The number of carbonyl (C=O) groups excluding carboxylic acids is 1. The molecule has 1 saturated heterocycles. The van der Waals surface area contributed by atoms with Crippen molar-refractivity contribution >= 4 is 23.4 Å². The van der Waals surface area contributed by atoms with E-state index >= 15 is 0 Å². The number of rotatable bonds is 7. The SMILES string of the molecule is Cn1c(SCc2ccccc2)nnc1[C@@H]1CCCN(CC(=O)Nc2ccc3c(c2)OCCO3)C1. The molecule has 34 heavy (non-hydrogen) atoms. The molecule has 2 aliphatic rings. The van der Waals surface area contributed by atoms with Crippen LogP contribution in [0.2, 0.25) is 0 Å². The van der Waals surface area contributed by atoms with Crippen molar-refractivity contribution in [2.45, 2.75) is 29.7 Å². The molecule has 8 nitrogen and oxygen atoms in total. The maximum absolute atomic E-state index is 12.7. The lowest BCUT2D eigenvalue weighted by molar-refractivity contribution is -0.117. The second-order valence-electron chi connectivity index (χ2n) is 8.65. The number of thioether (sulfide) groups is 1. The van der Waals surface area contributed by atoms with Gasteiger partial charge in [0.25, 0.3) is 0 Å². The highest BCUT2D eigenvalue weighted by molar-refractivity contribution is 7.98. The summed E-state index contributed by atoms with van der Waals surface area (Å²) in [6, 6.07) is 15.9. The van der Waals surface area contributed by atoms with Gasteiger partial charge in [0.15, 0.2) is 16.7 Å². The van der Waals surface area contributed by atoms with Crippen LogP contribution < -0.4 is 14.8 Å². The minimum Gasteiger partial charge on any atom is -0.486 e. The van der Waals surface area contributed by atoms with Crippen LogP contribution in [0, 0.1) is 0 Å². The smallest absolute Gasteiger partial charge is 0.238 e. The maximum atomic E-state index is 12.7. The van der Waals surface area contributed by atoms with Gasteiger partial charge >= 0.3 is 0 Å². The molecule has 3 heterocycles. The number of likely N-dealkylation sites (tertiary alicyclic amines) is 1. The second kappa shape index (κ2) is 10.5. The van der Waals surface area contributed by atoms with Crippen molar-refractivity contribution in [1.82, 2.24) is 19.7 Å². The number of carbonyl (C=O) groups is 1.